The van der Waals surface area contributed by atoms with Crippen LogP contribution in [0.3, 0.4) is 0 Å². The minimum absolute atomic E-state index is 0.238. The van der Waals surface area contributed by atoms with Gasteiger partial charge in [0.15, 0.2) is 0 Å². The Balaban J connectivity index is 2.45. The van der Waals surface area contributed by atoms with Crippen LogP contribution in [0.2, 0.25) is 0 Å². The molecule has 1 heterocycles. The second kappa shape index (κ2) is 5.25. The van der Waals surface area contributed by atoms with E-state index in [0.29, 0.717) is 5.56 Å². The molecule has 2 nitrogen and oxygen atoms in total. The monoisotopic (exact) mass is 314 g/mol. The first-order chi connectivity index (χ1) is 8.11. The Labute approximate surface area is 112 Å². The molecule has 0 aliphatic carbocycles. The fourth-order valence-electron chi connectivity index (χ4n) is 1.53. The van der Waals surface area contributed by atoms with Crippen LogP contribution in [-0.2, 0) is 6.54 Å². The molecule has 0 saturated heterocycles. The van der Waals surface area contributed by atoms with Crippen molar-refractivity contribution < 1.29 is 4.39 Å². The Hall–Kier alpha value is -0.780. The Morgan fingerprint density at radius 3 is 2.94 bits per heavy atom. The van der Waals surface area contributed by atoms with Crippen molar-refractivity contribution in [1.82, 2.24) is 10.3 Å². The third-order valence-electron chi connectivity index (χ3n) is 2.39. The highest BCUT2D eigenvalue weighted by Crippen LogP contribution is 2.31. The lowest BCUT2D eigenvalue weighted by Gasteiger charge is -1.99. The summed E-state index contributed by atoms with van der Waals surface area (Å²) in [4.78, 5) is 5.56. The van der Waals surface area contributed by atoms with Crippen molar-refractivity contribution in [2.75, 3.05) is 7.05 Å². The van der Waals surface area contributed by atoms with Crippen LogP contribution < -0.4 is 5.32 Å². The maximum absolute atomic E-state index is 13.7. The maximum Gasteiger partial charge on any atom is 0.133 e. The summed E-state index contributed by atoms with van der Waals surface area (Å²) in [5.74, 6) is -0.238. The second-order valence-electron chi connectivity index (χ2n) is 3.68. The third-order valence-corrected chi connectivity index (χ3v) is 4.07. The number of hydrogen-bond acceptors (Lipinski definition) is 3. The molecular formula is C12H12BrFN2S. The van der Waals surface area contributed by atoms with E-state index in [2.05, 4.69) is 26.2 Å². The van der Waals surface area contributed by atoms with Gasteiger partial charge in [-0.05, 0) is 32.2 Å². The predicted octanol–water partition coefficient (Wildman–Crippen LogP) is 3.74. The van der Waals surface area contributed by atoms with Crippen LogP contribution in [0.25, 0.3) is 10.6 Å². The number of aryl methyl sites for hydroxylation is 1. The molecule has 1 aromatic carbocycles. The summed E-state index contributed by atoms with van der Waals surface area (Å²) < 4.78 is 14.6. The van der Waals surface area contributed by atoms with Crippen molar-refractivity contribution in [3.8, 4) is 10.6 Å². The summed E-state index contributed by atoms with van der Waals surface area (Å²) in [6.07, 6.45) is 0. The molecule has 2 aromatic rings. The molecule has 0 saturated carbocycles. The van der Waals surface area contributed by atoms with Crippen LogP contribution in [-0.4, -0.2) is 12.0 Å². The van der Waals surface area contributed by atoms with Gasteiger partial charge in [-0.25, -0.2) is 9.37 Å². The van der Waals surface area contributed by atoms with Crippen LogP contribution in [0.4, 0.5) is 4.39 Å². The van der Waals surface area contributed by atoms with E-state index in [-0.39, 0.29) is 5.82 Å². The number of nitrogens with one attached hydrogen (secondary N) is 1. The quantitative estimate of drug-likeness (QED) is 0.933. The number of aromatic nitrogens is 1. The largest absolute Gasteiger partial charge is 0.315 e. The summed E-state index contributed by atoms with van der Waals surface area (Å²) in [6, 6.07) is 4.90. The van der Waals surface area contributed by atoms with Gasteiger partial charge in [0.05, 0.1) is 5.69 Å². The van der Waals surface area contributed by atoms with Crippen molar-refractivity contribution in [2.24, 2.45) is 0 Å². The SMILES string of the molecule is CNCc1sc(-c2cc(Br)ccc2F)nc1C. The summed E-state index contributed by atoms with van der Waals surface area (Å²) in [6.45, 7) is 2.71. The first-order valence-corrected chi connectivity index (χ1v) is 6.79. The molecule has 1 aromatic heterocycles. The van der Waals surface area contributed by atoms with Gasteiger partial charge in [-0.1, -0.05) is 15.9 Å². The van der Waals surface area contributed by atoms with E-state index in [4.69, 9.17) is 0 Å². The lowest BCUT2D eigenvalue weighted by molar-refractivity contribution is 0.631. The number of rotatable bonds is 3. The normalized spacial score (nSPS) is 10.8. The fraction of sp³-hybridized carbons (Fsp3) is 0.250. The second-order valence-corrected chi connectivity index (χ2v) is 5.68. The van der Waals surface area contributed by atoms with Gasteiger partial charge in [-0.3, -0.25) is 0 Å². The standard InChI is InChI=1S/C12H12BrFN2S/c1-7-11(6-15-2)17-12(16-7)9-5-8(13)3-4-10(9)14/h3-5,15H,6H2,1-2H3. The Morgan fingerprint density at radius 1 is 1.47 bits per heavy atom. The number of benzene rings is 1. The molecule has 0 radical (unpaired) electrons. The van der Waals surface area contributed by atoms with E-state index < -0.39 is 0 Å². The van der Waals surface area contributed by atoms with Crippen molar-refractivity contribution in [1.29, 1.82) is 0 Å². The van der Waals surface area contributed by atoms with Gasteiger partial charge in [0.1, 0.15) is 10.8 Å². The van der Waals surface area contributed by atoms with Gasteiger partial charge in [0.2, 0.25) is 0 Å². The Bertz CT molecular complexity index is 539. The smallest absolute Gasteiger partial charge is 0.133 e. The van der Waals surface area contributed by atoms with E-state index in [9.17, 15) is 4.39 Å². The lowest BCUT2D eigenvalue weighted by atomic mass is 10.2. The van der Waals surface area contributed by atoms with Crippen molar-refractivity contribution in [3.63, 3.8) is 0 Å². The molecular weight excluding hydrogens is 303 g/mol. The number of hydrogen-bond donors (Lipinski definition) is 1. The molecule has 5 heteroatoms. The van der Waals surface area contributed by atoms with Crippen LogP contribution in [0.15, 0.2) is 22.7 Å². The first kappa shape index (κ1) is 12.7. The maximum atomic E-state index is 13.7. The van der Waals surface area contributed by atoms with Crippen LogP contribution in [0, 0.1) is 12.7 Å². The van der Waals surface area contributed by atoms with Gasteiger partial charge in [-0.2, -0.15) is 0 Å². The minimum Gasteiger partial charge on any atom is -0.315 e. The number of thiazole rings is 1. The van der Waals surface area contributed by atoms with E-state index in [1.54, 1.807) is 12.1 Å². The number of nitrogens with zero attached hydrogens (tertiary/aromatic N) is 1. The summed E-state index contributed by atoms with van der Waals surface area (Å²) >= 11 is 4.87. The third kappa shape index (κ3) is 2.73. The van der Waals surface area contributed by atoms with E-state index in [1.165, 1.54) is 17.4 Å². The molecule has 0 fully saturated rings. The topological polar surface area (TPSA) is 24.9 Å². The average molecular weight is 315 g/mol. The highest BCUT2D eigenvalue weighted by Gasteiger charge is 2.12. The van der Waals surface area contributed by atoms with Gasteiger partial charge in [-0.15, -0.1) is 11.3 Å². The van der Waals surface area contributed by atoms with E-state index in [0.717, 1.165) is 26.6 Å². The average Bonchev–Trinajstić information content (AvgIpc) is 2.64. The molecule has 0 atom stereocenters. The molecule has 0 aliphatic rings. The Morgan fingerprint density at radius 2 is 2.24 bits per heavy atom. The zero-order chi connectivity index (χ0) is 12.4. The zero-order valence-electron chi connectivity index (χ0n) is 9.55. The molecule has 0 unspecified atom stereocenters. The lowest BCUT2D eigenvalue weighted by Crippen LogP contribution is -2.04. The molecule has 0 bridgehead atoms. The predicted molar refractivity (Wildman–Crippen MR) is 72.7 cm³/mol. The van der Waals surface area contributed by atoms with Crippen LogP contribution in [0.5, 0.6) is 0 Å². The minimum atomic E-state index is -0.238. The number of halogens is 2. The first-order valence-electron chi connectivity index (χ1n) is 5.18. The van der Waals surface area contributed by atoms with Gasteiger partial charge in [0, 0.05) is 21.5 Å². The van der Waals surface area contributed by atoms with Crippen molar-refractivity contribution in [3.05, 3.63) is 39.1 Å². The summed E-state index contributed by atoms with van der Waals surface area (Å²) in [7, 11) is 1.89. The van der Waals surface area contributed by atoms with E-state index in [1.807, 2.05) is 14.0 Å². The molecule has 1 N–H and O–H groups in total. The van der Waals surface area contributed by atoms with Crippen molar-refractivity contribution in [2.45, 2.75) is 13.5 Å². The summed E-state index contributed by atoms with van der Waals surface area (Å²) in [5.41, 5.74) is 1.51. The van der Waals surface area contributed by atoms with Crippen molar-refractivity contribution >= 4 is 27.3 Å². The highest BCUT2D eigenvalue weighted by atomic mass is 79.9. The Kier molecular flexibility index (Phi) is 3.91. The van der Waals surface area contributed by atoms with Gasteiger partial charge >= 0.3 is 0 Å². The molecule has 0 amide bonds. The van der Waals surface area contributed by atoms with Crippen LogP contribution in [0.1, 0.15) is 10.6 Å². The van der Waals surface area contributed by atoms with Gasteiger partial charge < -0.3 is 5.32 Å². The molecule has 0 aliphatic heterocycles. The molecule has 90 valence electrons. The molecule has 0 spiro atoms. The molecule has 17 heavy (non-hydrogen) atoms. The van der Waals surface area contributed by atoms with Crippen LogP contribution >= 0.6 is 27.3 Å². The van der Waals surface area contributed by atoms with Gasteiger partial charge in [0.25, 0.3) is 0 Å². The summed E-state index contributed by atoms with van der Waals surface area (Å²) in [5, 5.41) is 3.81. The van der Waals surface area contributed by atoms with E-state index >= 15 is 0 Å². The molecule has 2 rings (SSSR count). The fourth-order valence-corrected chi connectivity index (χ4v) is 2.98. The highest BCUT2D eigenvalue weighted by molar-refractivity contribution is 9.10. The zero-order valence-corrected chi connectivity index (χ0v) is 12.0.